The van der Waals surface area contributed by atoms with Gasteiger partial charge in [0.2, 0.25) is 0 Å². The molecule has 1 aromatic heterocycles. The van der Waals surface area contributed by atoms with Crippen molar-refractivity contribution < 1.29 is 0 Å². The van der Waals surface area contributed by atoms with Crippen molar-refractivity contribution in [1.82, 2.24) is 4.98 Å². The maximum absolute atomic E-state index is 5.71. The summed E-state index contributed by atoms with van der Waals surface area (Å²) in [4.78, 5) is 6.74. The molecule has 100 valence electrons. The van der Waals surface area contributed by atoms with Crippen molar-refractivity contribution in [3.05, 3.63) is 52.6 Å². The van der Waals surface area contributed by atoms with Gasteiger partial charge in [-0.25, -0.2) is 4.98 Å². The fraction of sp³-hybridized carbons (Fsp3) is 0.267. The van der Waals surface area contributed by atoms with E-state index in [0.29, 0.717) is 0 Å². The number of hydrogen-bond donors (Lipinski definition) is 1. The van der Waals surface area contributed by atoms with Crippen molar-refractivity contribution in [1.29, 1.82) is 0 Å². The van der Waals surface area contributed by atoms with Gasteiger partial charge in [-0.1, -0.05) is 19.1 Å². The Labute approximate surface area is 122 Å². The van der Waals surface area contributed by atoms with E-state index >= 15 is 0 Å². The van der Waals surface area contributed by atoms with Crippen LogP contribution < -0.4 is 10.6 Å². The van der Waals surface area contributed by atoms with E-state index in [-0.39, 0.29) is 0 Å². The van der Waals surface area contributed by atoms with Gasteiger partial charge >= 0.3 is 0 Å². The molecule has 1 aromatic carbocycles. The molecule has 0 saturated carbocycles. The number of nitrogen functional groups attached to an aromatic ring is 1. The SMILES string of the molecule is CCCN(Cc1ccc(N)cc1)c1ccc(Br)cn1. The summed E-state index contributed by atoms with van der Waals surface area (Å²) < 4.78 is 1.00. The van der Waals surface area contributed by atoms with Crippen molar-refractivity contribution >= 4 is 27.4 Å². The molecule has 2 N–H and O–H groups in total. The van der Waals surface area contributed by atoms with Gasteiger partial charge in [-0.2, -0.15) is 0 Å². The highest BCUT2D eigenvalue weighted by Crippen LogP contribution is 2.18. The summed E-state index contributed by atoms with van der Waals surface area (Å²) in [6.45, 7) is 4.01. The second kappa shape index (κ2) is 6.57. The summed E-state index contributed by atoms with van der Waals surface area (Å²) in [6.07, 6.45) is 2.92. The normalized spacial score (nSPS) is 10.4. The van der Waals surface area contributed by atoms with Crippen LogP contribution in [0.3, 0.4) is 0 Å². The van der Waals surface area contributed by atoms with E-state index in [0.717, 1.165) is 35.5 Å². The minimum absolute atomic E-state index is 0.799. The lowest BCUT2D eigenvalue weighted by molar-refractivity contribution is 0.754. The molecular weight excluding hydrogens is 302 g/mol. The van der Waals surface area contributed by atoms with Crippen LogP contribution in [-0.2, 0) is 6.54 Å². The first-order chi connectivity index (χ1) is 9.19. The molecule has 0 aliphatic carbocycles. The molecule has 0 aliphatic heterocycles. The number of anilines is 2. The monoisotopic (exact) mass is 319 g/mol. The maximum atomic E-state index is 5.71. The summed E-state index contributed by atoms with van der Waals surface area (Å²) in [5, 5.41) is 0. The molecule has 19 heavy (non-hydrogen) atoms. The molecule has 2 rings (SSSR count). The lowest BCUT2D eigenvalue weighted by Crippen LogP contribution is -2.24. The average Bonchev–Trinajstić information content (AvgIpc) is 2.42. The van der Waals surface area contributed by atoms with Crippen molar-refractivity contribution in [3.8, 4) is 0 Å². The molecule has 0 fully saturated rings. The Morgan fingerprint density at radius 1 is 1.16 bits per heavy atom. The van der Waals surface area contributed by atoms with Crippen LogP contribution in [0.25, 0.3) is 0 Å². The van der Waals surface area contributed by atoms with Crippen LogP contribution in [0.2, 0.25) is 0 Å². The van der Waals surface area contributed by atoms with E-state index in [9.17, 15) is 0 Å². The smallest absolute Gasteiger partial charge is 0.128 e. The standard InChI is InChI=1S/C15H18BrN3/c1-2-9-19(15-8-5-13(16)10-18-15)11-12-3-6-14(17)7-4-12/h3-8,10H,2,9,11,17H2,1H3. The Morgan fingerprint density at radius 3 is 2.47 bits per heavy atom. The Bertz CT molecular complexity index is 508. The molecule has 1 heterocycles. The van der Waals surface area contributed by atoms with E-state index in [1.54, 1.807) is 0 Å². The van der Waals surface area contributed by atoms with Gasteiger partial charge < -0.3 is 10.6 Å². The van der Waals surface area contributed by atoms with Crippen molar-refractivity contribution in [2.24, 2.45) is 0 Å². The Morgan fingerprint density at radius 2 is 1.89 bits per heavy atom. The van der Waals surface area contributed by atoms with E-state index in [1.807, 2.05) is 30.5 Å². The number of hydrogen-bond acceptors (Lipinski definition) is 3. The van der Waals surface area contributed by atoms with Crippen LogP contribution in [0.4, 0.5) is 11.5 Å². The highest BCUT2D eigenvalue weighted by Gasteiger charge is 2.07. The predicted octanol–water partition coefficient (Wildman–Crippen LogP) is 3.84. The van der Waals surface area contributed by atoms with Gasteiger partial charge in [-0.05, 0) is 52.2 Å². The van der Waals surface area contributed by atoms with Crippen LogP contribution in [0.1, 0.15) is 18.9 Å². The molecule has 0 unspecified atom stereocenters. The zero-order valence-electron chi connectivity index (χ0n) is 11.0. The zero-order chi connectivity index (χ0) is 13.7. The average molecular weight is 320 g/mol. The third kappa shape index (κ3) is 3.96. The molecule has 4 heteroatoms. The highest BCUT2D eigenvalue weighted by molar-refractivity contribution is 9.10. The van der Waals surface area contributed by atoms with E-state index in [2.05, 4.69) is 44.9 Å². The fourth-order valence-electron chi connectivity index (χ4n) is 1.94. The number of aromatic nitrogens is 1. The number of pyridine rings is 1. The van der Waals surface area contributed by atoms with Gasteiger partial charge in [0.25, 0.3) is 0 Å². The molecular formula is C15H18BrN3. The number of benzene rings is 1. The topological polar surface area (TPSA) is 42.1 Å². The summed E-state index contributed by atoms with van der Waals surface area (Å²) in [5.41, 5.74) is 7.75. The second-order valence-corrected chi connectivity index (χ2v) is 5.41. The van der Waals surface area contributed by atoms with Crippen LogP contribution in [0, 0.1) is 0 Å². The van der Waals surface area contributed by atoms with Gasteiger partial charge in [-0.15, -0.1) is 0 Å². The van der Waals surface area contributed by atoms with Crippen LogP contribution in [-0.4, -0.2) is 11.5 Å². The highest BCUT2D eigenvalue weighted by atomic mass is 79.9. The first kappa shape index (κ1) is 13.9. The van der Waals surface area contributed by atoms with Gasteiger partial charge in [-0.3, -0.25) is 0 Å². The Balaban J connectivity index is 2.15. The molecule has 0 bridgehead atoms. The number of nitrogens with zero attached hydrogens (tertiary/aromatic N) is 2. The number of halogens is 1. The lowest BCUT2D eigenvalue weighted by Gasteiger charge is -2.23. The maximum Gasteiger partial charge on any atom is 0.128 e. The van der Waals surface area contributed by atoms with Gasteiger partial charge in [0, 0.05) is 29.4 Å². The van der Waals surface area contributed by atoms with Crippen LogP contribution in [0.5, 0.6) is 0 Å². The van der Waals surface area contributed by atoms with Gasteiger partial charge in [0.15, 0.2) is 0 Å². The van der Waals surface area contributed by atoms with Crippen molar-refractivity contribution in [3.63, 3.8) is 0 Å². The van der Waals surface area contributed by atoms with Crippen LogP contribution in [0.15, 0.2) is 47.1 Å². The first-order valence-electron chi connectivity index (χ1n) is 6.40. The zero-order valence-corrected chi connectivity index (χ0v) is 12.6. The number of rotatable bonds is 5. The molecule has 3 nitrogen and oxygen atoms in total. The molecule has 0 saturated heterocycles. The van der Waals surface area contributed by atoms with Crippen molar-refractivity contribution in [2.45, 2.75) is 19.9 Å². The molecule has 0 radical (unpaired) electrons. The third-order valence-corrected chi connectivity index (χ3v) is 3.35. The van der Waals surface area contributed by atoms with E-state index in [4.69, 9.17) is 5.73 Å². The quantitative estimate of drug-likeness (QED) is 0.851. The summed E-state index contributed by atoms with van der Waals surface area (Å²) in [7, 11) is 0. The molecule has 0 amide bonds. The lowest BCUT2D eigenvalue weighted by atomic mass is 10.2. The first-order valence-corrected chi connectivity index (χ1v) is 7.19. The molecule has 0 spiro atoms. The third-order valence-electron chi connectivity index (χ3n) is 2.88. The molecule has 0 aliphatic rings. The Hall–Kier alpha value is -1.55. The van der Waals surface area contributed by atoms with Crippen molar-refractivity contribution in [2.75, 3.05) is 17.2 Å². The minimum Gasteiger partial charge on any atom is -0.399 e. The minimum atomic E-state index is 0.799. The molecule has 2 aromatic rings. The summed E-state index contributed by atoms with van der Waals surface area (Å²) in [5.74, 6) is 1.00. The van der Waals surface area contributed by atoms with Gasteiger partial charge in [0.05, 0.1) is 0 Å². The van der Waals surface area contributed by atoms with Gasteiger partial charge in [0.1, 0.15) is 5.82 Å². The largest absolute Gasteiger partial charge is 0.399 e. The van der Waals surface area contributed by atoms with E-state index in [1.165, 1.54) is 5.56 Å². The van der Waals surface area contributed by atoms with E-state index < -0.39 is 0 Å². The molecule has 0 atom stereocenters. The second-order valence-electron chi connectivity index (χ2n) is 4.50. The van der Waals surface area contributed by atoms with Crippen LogP contribution >= 0.6 is 15.9 Å². The summed E-state index contributed by atoms with van der Waals surface area (Å²) >= 11 is 3.41. The predicted molar refractivity (Wildman–Crippen MR) is 84.1 cm³/mol. The summed E-state index contributed by atoms with van der Waals surface area (Å²) in [6, 6.07) is 12.1. The number of nitrogens with two attached hydrogens (primary N) is 1. The fourth-order valence-corrected chi connectivity index (χ4v) is 2.18. The Kier molecular flexibility index (Phi) is 4.80.